The summed E-state index contributed by atoms with van der Waals surface area (Å²) in [4.78, 5) is 17.8. The molecule has 0 aliphatic carbocycles. The van der Waals surface area contributed by atoms with Gasteiger partial charge in [0.05, 0.1) is 28.3 Å². The third kappa shape index (κ3) is 5.57. The molecule has 0 radical (unpaired) electrons. The number of rotatable bonds is 7. The third-order valence-corrected chi connectivity index (χ3v) is 7.59. The quantitative estimate of drug-likeness (QED) is 0.346. The van der Waals surface area contributed by atoms with Gasteiger partial charge in [-0.3, -0.25) is 9.52 Å². The van der Waals surface area contributed by atoms with Crippen molar-refractivity contribution >= 4 is 54.8 Å². The number of carbonyl (C=O) groups is 1. The average molecular weight is 526 g/mol. The molecule has 0 fully saturated rings. The van der Waals surface area contributed by atoms with E-state index in [1.807, 2.05) is 25.1 Å². The van der Waals surface area contributed by atoms with Crippen LogP contribution in [0.1, 0.15) is 17.3 Å². The third-order valence-electron chi connectivity index (χ3n) is 4.90. The molecule has 3 aromatic carbocycles. The molecule has 0 saturated carbocycles. The fourth-order valence-electron chi connectivity index (χ4n) is 3.33. The Balaban J connectivity index is 1.67. The number of ether oxygens (including phenoxy) is 1. The first-order valence-corrected chi connectivity index (χ1v) is 13.2. The van der Waals surface area contributed by atoms with Crippen molar-refractivity contribution in [2.24, 2.45) is 4.99 Å². The van der Waals surface area contributed by atoms with Crippen LogP contribution in [0.3, 0.4) is 0 Å². The smallest absolute Gasteiger partial charge is 0.279 e. The zero-order valence-electron chi connectivity index (χ0n) is 18.6. The molecule has 0 spiro atoms. The molecule has 10 heteroatoms. The van der Waals surface area contributed by atoms with Gasteiger partial charge in [0.25, 0.3) is 15.9 Å². The van der Waals surface area contributed by atoms with Gasteiger partial charge < -0.3 is 9.30 Å². The van der Waals surface area contributed by atoms with Gasteiger partial charge in [0, 0.05) is 16.3 Å². The molecule has 0 saturated heterocycles. The van der Waals surface area contributed by atoms with E-state index in [2.05, 4.69) is 15.6 Å². The molecule has 1 aromatic heterocycles. The first-order valence-electron chi connectivity index (χ1n) is 10.5. The summed E-state index contributed by atoms with van der Waals surface area (Å²) in [5.41, 5.74) is 1.30. The Labute approximate surface area is 211 Å². The molecule has 0 aliphatic rings. The molecule has 0 aliphatic heterocycles. The number of amides is 1. The van der Waals surface area contributed by atoms with Gasteiger partial charge in [-0.1, -0.05) is 34.9 Å². The van der Waals surface area contributed by atoms with Crippen LogP contribution in [0.5, 0.6) is 5.75 Å². The van der Waals surface area contributed by atoms with Crippen LogP contribution in [0.15, 0.2) is 76.6 Å². The van der Waals surface area contributed by atoms with E-state index < -0.39 is 15.9 Å². The molecular weight excluding hydrogens is 506 g/mol. The van der Waals surface area contributed by atoms with Crippen molar-refractivity contribution in [2.75, 3.05) is 11.3 Å². The van der Waals surface area contributed by atoms with Gasteiger partial charge in [0.2, 0.25) is 0 Å². The van der Waals surface area contributed by atoms with E-state index in [1.165, 1.54) is 41.7 Å². The molecule has 1 heterocycles. The Morgan fingerprint density at radius 2 is 1.94 bits per heavy atom. The molecule has 35 heavy (non-hydrogen) atoms. The van der Waals surface area contributed by atoms with Crippen LogP contribution in [0.4, 0.5) is 5.69 Å². The summed E-state index contributed by atoms with van der Waals surface area (Å²) in [6.45, 7) is 2.68. The lowest BCUT2D eigenvalue weighted by molar-refractivity contribution is 0.0998. The molecular formula is C25H20ClN3O4S2. The summed E-state index contributed by atoms with van der Waals surface area (Å²) in [6, 6.07) is 17.5. The second kappa shape index (κ2) is 10.4. The number of aromatic nitrogens is 1. The zero-order chi connectivity index (χ0) is 25.0. The Kier molecular flexibility index (Phi) is 7.26. The van der Waals surface area contributed by atoms with E-state index in [9.17, 15) is 13.2 Å². The number of terminal acetylenes is 1. The maximum atomic E-state index is 13.0. The number of fused-ring (bicyclic) bond motifs is 1. The predicted octanol–water partition coefficient (Wildman–Crippen LogP) is 4.93. The molecule has 4 rings (SSSR count). The van der Waals surface area contributed by atoms with Gasteiger partial charge in [-0.15, -0.1) is 6.42 Å². The first kappa shape index (κ1) is 24.5. The predicted molar refractivity (Wildman–Crippen MR) is 138 cm³/mol. The van der Waals surface area contributed by atoms with E-state index in [1.54, 1.807) is 22.8 Å². The van der Waals surface area contributed by atoms with Crippen LogP contribution < -0.4 is 14.3 Å². The van der Waals surface area contributed by atoms with Crippen LogP contribution in [-0.4, -0.2) is 25.5 Å². The van der Waals surface area contributed by atoms with E-state index in [4.69, 9.17) is 22.8 Å². The van der Waals surface area contributed by atoms with Gasteiger partial charge in [-0.2, -0.15) is 4.99 Å². The maximum absolute atomic E-state index is 13.0. The lowest BCUT2D eigenvalue weighted by Crippen LogP contribution is -2.17. The number of nitrogens with one attached hydrogen (secondary N) is 1. The van der Waals surface area contributed by atoms with Gasteiger partial charge in [0.1, 0.15) is 5.75 Å². The van der Waals surface area contributed by atoms with Crippen molar-refractivity contribution in [3.05, 3.63) is 82.1 Å². The number of anilines is 1. The van der Waals surface area contributed by atoms with Crippen LogP contribution in [0.2, 0.25) is 5.02 Å². The highest BCUT2D eigenvalue weighted by Gasteiger charge is 2.16. The summed E-state index contributed by atoms with van der Waals surface area (Å²) in [5.74, 6) is 2.78. The molecule has 0 atom stereocenters. The monoisotopic (exact) mass is 525 g/mol. The SMILES string of the molecule is C#CCn1c(=NC(=O)c2cccc(NS(=O)(=O)c3ccc(Cl)cc3)c2)sc2cc(OCC)ccc21. The minimum Gasteiger partial charge on any atom is -0.494 e. The van der Waals surface area contributed by atoms with Crippen molar-refractivity contribution in [3.63, 3.8) is 0 Å². The summed E-state index contributed by atoms with van der Waals surface area (Å²) in [5, 5.41) is 0.426. The first-order chi connectivity index (χ1) is 16.8. The normalized spacial score (nSPS) is 11.9. The summed E-state index contributed by atoms with van der Waals surface area (Å²) >= 11 is 7.16. The second-order valence-electron chi connectivity index (χ2n) is 7.29. The highest BCUT2D eigenvalue weighted by Crippen LogP contribution is 2.24. The van der Waals surface area contributed by atoms with Crippen molar-refractivity contribution in [2.45, 2.75) is 18.4 Å². The lowest BCUT2D eigenvalue weighted by atomic mass is 10.2. The van der Waals surface area contributed by atoms with E-state index in [0.29, 0.717) is 22.2 Å². The summed E-state index contributed by atoms with van der Waals surface area (Å²) in [6.07, 6.45) is 5.54. The van der Waals surface area contributed by atoms with Crippen molar-refractivity contribution in [1.82, 2.24) is 4.57 Å². The van der Waals surface area contributed by atoms with Crippen molar-refractivity contribution in [3.8, 4) is 18.1 Å². The number of thiazole rings is 1. The Bertz CT molecular complexity index is 1620. The van der Waals surface area contributed by atoms with Gasteiger partial charge in [-0.05, 0) is 67.6 Å². The lowest BCUT2D eigenvalue weighted by Gasteiger charge is -2.09. The van der Waals surface area contributed by atoms with E-state index in [0.717, 1.165) is 10.2 Å². The molecule has 0 unspecified atom stereocenters. The fraction of sp³-hybridized carbons (Fsp3) is 0.120. The fourth-order valence-corrected chi connectivity index (χ4v) is 5.57. The van der Waals surface area contributed by atoms with Gasteiger partial charge >= 0.3 is 0 Å². The maximum Gasteiger partial charge on any atom is 0.279 e. The zero-order valence-corrected chi connectivity index (χ0v) is 21.0. The van der Waals surface area contributed by atoms with Crippen molar-refractivity contribution in [1.29, 1.82) is 0 Å². The number of carbonyl (C=O) groups excluding carboxylic acids is 1. The van der Waals surface area contributed by atoms with Crippen LogP contribution >= 0.6 is 22.9 Å². The van der Waals surface area contributed by atoms with E-state index in [-0.39, 0.29) is 22.7 Å². The Hall–Kier alpha value is -3.58. The molecule has 178 valence electrons. The minimum atomic E-state index is -3.86. The average Bonchev–Trinajstić information content (AvgIpc) is 3.16. The molecule has 0 bridgehead atoms. The standard InChI is InChI=1S/C25H20ClN3O4S2/c1-3-14-29-22-13-10-20(33-4-2)16-23(22)34-25(29)27-24(30)17-6-5-7-19(15-17)28-35(31,32)21-11-8-18(26)9-12-21/h1,5-13,15-16,28H,4,14H2,2H3. The molecule has 1 N–H and O–H groups in total. The summed E-state index contributed by atoms with van der Waals surface area (Å²) < 4.78 is 36.1. The number of halogens is 1. The topological polar surface area (TPSA) is 89.8 Å². The Morgan fingerprint density at radius 1 is 1.17 bits per heavy atom. The highest BCUT2D eigenvalue weighted by atomic mass is 35.5. The van der Waals surface area contributed by atoms with Crippen LogP contribution in [-0.2, 0) is 16.6 Å². The van der Waals surface area contributed by atoms with Gasteiger partial charge in [0.15, 0.2) is 4.80 Å². The highest BCUT2D eigenvalue weighted by molar-refractivity contribution is 7.92. The number of sulfonamides is 1. The number of nitrogens with zero attached hydrogens (tertiary/aromatic N) is 2. The number of hydrogen-bond donors (Lipinski definition) is 1. The number of hydrogen-bond acceptors (Lipinski definition) is 5. The molecule has 4 aromatic rings. The summed E-state index contributed by atoms with van der Waals surface area (Å²) in [7, 11) is -3.86. The second-order valence-corrected chi connectivity index (χ2v) is 10.4. The number of benzene rings is 3. The van der Waals surface area contributed by atoms with E-state index >= 15 is 0 Å². The van der Waals surface area contributed by atoms with Crippen LogP contribution in [0, 0.1) is 12.3 Å². The molecule has 1 amide bonds. The largest absolute Gasteiger partial charge is 0.494 e. The van der Waals surface area contributed by atoms with Crippen LogP contribution in [0.25, 0.3) is 10.2 Å². The van der Waals surface area contributed by atoms with Crippen molar-refractivity contribution < 1.29 is 17.9 Å². The minimum absolute atomic E-state index is 0.0512. The van der Waals surface area contributed by atoms with Gasteiger partial charge in [-0.25, -0.2) is 8.42 Å². The Morgan fingerprint density at radius 3 is 2.66 bits per heavy atom. The molecule has 7 nitrogen and oxygen atoms in total.